The highest BCUT2D eigenvalue weighted by Gasteiger charge is 2.17. The quantitative estimate of drug-likeness (QED) is 0.175. The molecule has 0 aliphatic carbocycles. The van der Waals surface area contributed by atoms with Crippen molar-refractivity contribution in [3.8, 4) is 22.6 Å². The van der Waals surface area contributed by atoms with Crippen molar-refractivity contribution < 1.29 is 4.42 Å². The van der Waals surface area contributed by atoms with Gasteiger partial charge in [0.1, 0.15) is 5.52 Å². The van der Waals surface area contributed by atoms with Gasteiger partial charge in [0, 0.05) is 48.2 Å². The summed E-state index contributed by atoms with van der Waals surface area (Å²) in [6.45, 7) is 0. The Morgan fingerprint density at radius 1 is 0.449 bits per heavy atom. The van der Waals surface area contributed by atoms with Gasteiger partial charge in [-0.25, -0.2) is 4.98 Å². The van der Waals surface area contributed by atoms with Gasteiger partial charge in [0.25, 0.3) is 0 Å². The molecular weight excluding hydrogens is 617 g/mol. The van der Waals surface area contributed by atoms with E-state index in [1.807, 2.05) is 47.7 Å². The van der Waals surface area contributed by atoms with E-state index < -0.39 is 0 Å². The van der Waals surface area contributed by atoms with Crippen LogP contribution >= 0.6 is 11.3 Å². The van der Waals surface area contributed by atoms with E-state index in [1.54, 1.807) is 0 Å². The maximum absolute atomic E-state index is 6.29. The average Bonchev–Trinajstić information content (AvgIpc) is 3.78. The van der Waals surface area contributed by atoms with Gasteiger partial charge in [0.15, 0.2) is 5.58 Å². The lowest BCUT2D eigenvalue weighted by Gasteiger charge is -2.26. The second kappa shape index (κ2) is 11.2. The third-order valence-corrected chi connectivity index (χ3v) is 10.6. The standard InChI is InChI=1S/C45H28N2OS/c1-3-9-32(10-4-1)45-46-44-40(48-45)26-21-31-16-15-30-19-24-36(28-39(30)43(31)44)47(34-11-5-2-6-12-34)35-22-17-29(18-23-35)33-20-25-38-37-13-7-8-14-41(37)49-42(38)27-33/h1-28H. The molecule has 0 amide bonds. The molecule has 4 heteroatoms. The van der Waals surface area contributed by atoms with Crippen LogP contribution in [0.5, 0.6) is 0 Å². The second-order valence-corrected chi connectivity index (χ2v) is 13.5. The SMILES string of the molecule is c1ccc(-c2nc3c(ccc4ccc5ccc(N(c6ccccc6)c6ccc(-c7ccc8c(c7)sc7ccccc78)cc6)cc5c43)o2)cc1. The van der Waals surface area contributed by atoms with Crippen LogP contribution in [0.25, 0.3) is 75.4 Å². The predicted molar refractivity (Wildman–Crippen MR) is 207 cm³/mol. The van der Waals surface area contributed by atoms with E-state index in [9.17, 15) is 0 Å². The Hall–Kier alpha value is -6.23. The molecule has 0 bridgehead atoms. The van der Waals surface area contributed by atoms with Crippen LogP contribution in [0, 0.1) is 0 Å². The van der Waals surface area contributed by atoms with Gasteiger partial charge in [-0.3, -0.25) is 0 Å². The molecule has 0 fully saturated rings. The van der Waals surface area contributed by atoms with Crippen molar-refractivity contribution in [1.29, 1.82) is 0 Å². The number of hydrogen-bond donors (Lipinski definition) is 0. The number of thiophene rings is 1. The molecule has 10 aromatic rings. The number of aromatic nitrogens is 1. The molecule has 3 nitrogen and oxygen atoms in total. The molecule has 10 rings (SSSR count). The fraction of sp³-hybridized carbons (Fsp3) is 0. The summed E-state index contributed by atoms with van der Waals surface area (Å²) in [7, 11) is 0. The molecule has 0 radical (unpaired) electrons. The maximum Gasteiger partial charge on any atom is 0.227 e. The molecule has 0 spiro atoms. The van der Waals surface area contributed by atoms with Crippen LogP contribution in [0.2, 0.25) is 0 Å². The molecule has 0 unspecified atom stereocenters. The topological polar surface area (TPSA) is 29.3 Å². The van der Waals surface area contributed by atoms with Crippen molar-refractivity contribution in [2.75, 3.05) is 4.90 Å². The van der Waals surface area contributed by atoms with Crippen molar-refractivity contribution in [3.63, 3.8) is 0 Å². The first-order valence-electron chi connectivity index (χ1n) is 16.5. The number of rotatable bonds is 5. The van der Waals surface area contributed by atoms with Gasteiger partial charge in [0.2, 0.25) is 5.89 Å². The molecule has 0 saturated carbocycles. The van der Waals surface area contributed by atoms with Gasteiger partial charge < -0.3 is 9.32 Å². The monoisotopic (exact) mass is 644 g/mol. The minimum absolute atomic E-state index is 0.633. The first-order valence-corrected chi connectivity index (χ1v) is 17.3. The second-order valence-electron chi connectivity index (χ2n) is 12.4. The molecule has 2 aromatic heterocycles. The smallest absolute Gasteiger partial charge is 0.227 e. The van der Waals surface area contributed by atoms with E-state index in [-0.39, 0.29) is 0 Å². The summed E-state index contributed by atoms with van der Waals surface area (Å²) in [4.78, 5) is 7.37. The molecule has 0 atom stereocenters. The molecule has 8 aromatic carbocycles. The number of hydrogen-bond acceptors (Lipinski definition) is 4. The summed E-state index contributed by atoms with van der Waals surface area (Å²) >= 11 is 1.86. The van der Waals surface area contributed by atoms with Crippen molar-refractivity contribution in [3.05, 3.63) is 170 Å². The minimum Gasteiger partial charge on any atom is -0.436 e. The van der Waals surface area contributed by atoms with Crippen LogP contribution in [0.4, 0.5) is 17.1 Å². The molecule has 49 heavy (non-hydrogen) atoms. The highest BCUT2D eigenvalue weighted by molar-refractivity contribution is 7.25. The van der Waals surface area contributed by atoms with Crippen molar-refractivity contribution in [2.24, 2.45) is 0 Å². The zero-order valence-electron chi connectivity index (χ0n) is 26.4. The van der Waals surface area contributed by atoms with Gasteiger partial charge in [-0.2, -0.15) is 0 Å². The third kappa shape index (κ3) is 4.68. The van der Waals surface area contributed by atoms with Crippen molar-refractivity contribution in [1.82, 2.24) is 4.98 Å². The molecular formula is C45H28N2OS. The fourth-order valence-corrected chi connectivity index (χ4v) is 8.24. The van der Waals surface area contributed by atoms with Crippen molar-refractivity contribution >= 4 is 81.2 Å². The predicted octanol–water partition coefficient (Wildman–Crippen LogP) is 13.3. The Balaban J connectivity index is 1.10. The summed E-state index contributed by atoms with van der Waals surface area (Å²) in [6, 6.07) is 60.4. The summed E-state index contributed by atoms with van der Waals surface area (Å²) in [5.74, 6) is 0.633. The van der Waals surface area contributed by atoms with Gasteiger partial charge >= 0.3 is 0 Å². The van der Waals surface area contributed by atoms with E-state index in [2.05, 4.69) is 138 Å². The van der Waals surface area contributed by atoms with E-state index in [0.29, 0.717) is 5.89 Å². The zero-order chi connectivity index (χ0) is 32.3. The summed E-state index contributed by atoms with van der Waals surface area (Å²) in [5.41, 5.74) is 8.32. The number of para-hydroxylation sites is 1. The minimum atomic E-state index is 0.633. The van der Waals surface area contributed by atoms with Crippen LogP contribution in [0.1, 0.15) is 0 Å². The number of oxazole rings is 1. The lowest BCUT2D eigenvalue weighted by atomic mass is 9.99. The molecule has 0 N–H and O–H groups in total. The van der Waals surface area contributed by atoms with Gasteiger partial charge in [-0.15, -0.1) is 11.3 Å². The van der Waals surface area contributed by atoms with Crippen molar-refractivity contribution in [2.45, 2.75) is 0 Å². The number of fused-ring (bicyclic) bond motifs is 8. The molecule has 0 aliphatic rings. The molecule has 2 heterocycles. The van der Waals surface area contributed by atoms with E-state index >= 15 is 0 Å². The maximum atomic E-state index is 6.29. The highest BCUT2D eigenvalue weighted by Crippen LogP contribution is 2.41. The number of benzene rings is 8. The molecule has 230 valence electrons. The van der Waals surface area contributed by atoms with E-state index in [1.165, 1.54) is 31.3 Å². The number of anilines is 3. The van der Waals surface area contributed by atoms with Crippen LogP contribution in [-0.2, 0) is 0 Å². The van der Waals surface area contributed by atoms with Gasteiger partial charge in [-0.05, 0) is 94.0 Å². The van der Waals surface area contributed by atoms with E-state index in [0.717, 1.165) is 55.3 Å². The average molecular weight is 645 g/mol. The van der Waals surface area contributed by atoms with Gasteiger partial charge in [-0.1, -0.05) is 103 Å². The molecule has 0 saturated heterocycles. The summed E-state index contributed by atoms with van der Waals surface area (Å²) in [5, 5.41) is 7.18. The largest absolute Gasteiger partial charge is 0.436 e. The van der Waals surface area contributed by atoms with Crippen LogP contribution in [0.3, 0.4) is 0 Å². The van der Waals surface area contributed by atoms with Crippen LogP contribution in [-0.4, -0.2) is 4.98 Å². The Morgan fingerprint density at radius 2 is 1.10 bits per heavy atom. The summed E-state index contributed by atoms with van der Waals surface area (Å²) < 4.78 is 8.93. The Labute approximate surface area is 286 Å². The lowest BCUT2D eigenvalue weighted by molar-refractivity contribution is 0.620. The van der Waals surface area contributed by atoms with Crippen LogP contribution < -0.4 is 4.90 Å². The highest BCUT2D eigenvalue weighted by atomic mass is 32.1. The third-order valence-electron chi connectivity index (χ3n) is 9.47. The number of nitrogens with zero attached hydrogens (tertiary/aromatic N) is 2. The normalized spacial score (nSPS) is 11.7. The van der Waals surface area contributed by atoms with E-state index in [4.69, 9.17) is 9.40 Å². The Bertz CT molecular complexity index is 2820. The Kier molecular flexibility index (Phi) is 6.36. The molecule has 0 aliphatic heterocycles. The lowest BCUT2D eigenvalue weighted by Crippen LogP contribution is -2.09. The van der Waals surface area contributed by atoms with Gasteiger partial charge in [0.05, 0.1) is 0 Å². The fourth-order valence-electron chi connectivity index (χ4n) is 7.09. The Morgan fingerprint density at radius 3 is 1.96 bits per heavy atom. The summed E-state index contributed by atoms with van der Waals surface area (Å²) in [6.07, 6.45) is 0. The van der Waals surface area contributed by atoms with Crippen LogP contribution in [0.15, 0.2) is 174 Å². The first-order chi connectivity index (χ1) is 24.3. The first kappa shape index (κ1) is 27.8. The zero-order valence-corrected chi connectivity index (χ0v) is 27.2.